The maximum Gasteiger partial charge on any atom is 0.244 e. The topological polar surface area (TPSA) is 176 Å². The third kappa shape index (κ3) is 5.38. The van der Waals surface area contributed by atoms with Crippen LogP contribution in [0, 0.1) is 5.92 Å². The van der Waals surface area contributed by atoms with Crippen LogP contribution in [0.4, 0.5) is 0 Å². The van der Waals surface area contributed by atoms with Gasteiger partial charge in [-0.05, 0) is 89.7 Å². The zero-order chi connectivity index (χ0) is 33.5. The number of aromatic hydroxyl groups is 4. The van der Waals surface area contributed by atoms with E-state index in [0.717, 1.165) is 16.7 Å². The maximum atomic E-state index is 13.9. The van der Waals surface area contributed by atoms with Crippen molar-refractivity contribution in [1.29, 1.82) is 0 Å². The number of phenolic OH excluding ortho intramolecular Hbond substituents is 4. The SMILES string of the molecule is O=C(/C=C/C1=C[C@@]23OCO[C@@]2(C=C1)[C@H](C(=O)NCCc1ccc(O)c(O)c1)[C@H]3c1ccc2c(c1)OCO2)NCCc1ccc(O)c(O)c1. The van der Waals surface area contributed by atoms with Gasteiger partial charge in [0.1, 0.15) is 18.0 Å². The number of ether oxygens (including phenoxy) is 4. The van der Waals surface area contributed by atoms with E-state index in [-0.39, 0.29) is 54.9 Å². The Hall–Kier alpha value is -5.46. The first kappa shape index (κ1) is 31.2. The third-order valence-corrected chi connectivity index (χ3v) is 9.34. The Morgan fingerprint density at radius 3 is 2.15 bits per heavy atom. The Labute approximate surface area is 275 Å². The summed E-state index contributed by atoms with van der Waals surface area (Å²) in [6, 6.07) is 14.6. The Kier molecular flexibility index (Phi) is 7.98. The van der Waals surface area contributed by atoms with Crippen LogP contribution >= 0.6 is 0 Å². The van der Waals surface area contributed by atoms with Crippen LogP contribution in [0.3, 0.4) is 0 Å². The van der Waals surface area contributed by atoms with E-state index < -0.39 is 23.0 Å². The zero-order valence-electron chi connectivity index (χ0n) is 25.7. The van der Waals surface area contributed by atoms with Crippen molar-refractivity contribution in [2.45, 2.75) is 30.0 Å². The monoisotopic (exact) mass is 654 g/mol. The lowest BCUT2D eigenvalue weighted by Crippen LogP contribution is -2.74. The summed E-state index contributed by atoms with van der Waals surface area (Å²) in [6.07, 6.45) is 9.54. The highest BCUT2D eigenvalue weighted by Crippen LogP contribution is 2.67. The highest BCUT2D eigenvalue weighted by Gasteiger charge is 2.78. The Bertz CT molecular complexity index is 1870. The molecule has 0 unspecified atom stereocenters. The average Bonchev–Trinajstić information content (AvgIpc) is 3.67. The number of hydrogen-bond acceptors (Lipinski definition) is 10. The molecule has 248 valence electrons. The quantitative estimate of drug-likeness (QED) is 0.141. The Balaban J connectivity index is 1.09. The van der Waals surface area contributed by atoms with Crippen molar-refractivity contribution in [2.75, 3.05) is 26.7 Å². The van der Waals surface area contributed by atoms with E-state index in [1.165, 1.54) is 30.3 Å². The normalized spacial score (nSPS) is 24.8. The van der Waals surface area contributed by atoms with Crippen LogP contribution in [0.2, 0.25) is 0 Å². The number of phenols is 4. The molecule has 2 amide bonds. The molecule has 2 aliphatic carbocycles. The molecule has 48 heavy (non-hydrogen) atoms. The Morgan fingerprint density at radius 2 is 1.44 bits per heavy atom. The smallest absolute Gasteiger partial charge is 0.244 e. The number of amides is 2. The van der Waals surface area contributed by atoms with E-state index in [4.69, 9.17) is 18.9 Å². The molecule has 0 aromatic heterocycles. The highest BCUT2D eigenvalue weighted by atomic mass is 16.7. The lowest BCUT2D eigenvalue weighted by Gasteiger charge is -2.61. The molecule has 1 saturated heterocycles. The number of hydrogen-bond donors (Lipinski definition) is 6. The van der Waals surface area contributed by atoms with Crippen LogP contribution in [0.25, 0.3) is 0 Å². The molecule has 4 aliphatic rings. The number of nitrogens with one attached hydrogen (secondary N) is 2. The fraction of sp³-hybridized carbons (Fsp3) is 0.278. The van der Waals surface area contributed by atoms with Gasteiger partial charge in [-0.2, -0.15) is 0 Å². The minimum atomic E-state index is -1.09. The summed E-state index contributed by atoms with van der Waals surface area (Å²) in [5, 5.41) is 44.5. The summed E-state index contributed by atoms with van der Waals surface area (Å²) in [4.78, 5) is 26.6. The predicted octanol–water partition coefficient (Wildman–Crippen LogP) is 3.20. The number of carbonyl (C=O) groups is 2. The van der Waals surface area contributed by atoms with Gasteiger partial charge in [-0.1, -0.05) is 24.3 Å². The van der Waals surface area contributed by atoms with Crippen molar-refractivity contribution in [2.24, 2.45) is 5.92 Å². The van der Waals surface area contributed by atoms with Crippen LogP contribution in [0.1, 0.15) is 22.6 Å². The fourth-order valence-electron chi connectivity index (χ4n) is 7.00. The second-order valence-electron chi connectivity index (χ2n) is 12.1. The minimum absolute atomic E-state index is 0.0389. The van der Waals surface area contributed by atoms with Crippen LogP contribution in [-0.2, 0) is 31.9 Å². The van der Waals surface area contributed by atoms with E-state index in [1.807, 2.05) is 36.4 Å². The molecule has 2 fully saturated rings. The second-order valence-corrected chi connectivity index (χ2v) is 12.1. The first-order valence-corrected chi connectivity index (χ1v) is 15.5. The maximum absolute atomic E-state index is 13.9. The first-order chi connectivity index (χ1) is 23.2. The lowest BCUT2D eigenvalue weighted by molar-refractivity contribution is -0.170. The lowest BCUT2D eigenvalue weighted by atomic mass is 9.46. The van der Waals surface area contributed by atoms with Gasteiger partial charge < -0.3 is 50.0 Å². The van der Waals surface area contributed by atoms with Crippen molar-refractivity contribution in [3.05, 3.63) is 107 Å². The summed E-state index contributed by atoms with van der Waals surface area (Å²) in [5.41, 5.74) is 0.879. The second kappa shape index (κ2) is 12.3. The van der Waals surface area contributed by atoms with Gasteiger partial charge in [0, 0.05) is 25.1 Å². The van der Waals surface area contributed by atoms with Gasteiger partial charge in [0.15, 0.2) is 34.5 Å². The van der Waals surface area contributed by atoms with Crippen LogP contribution in [0.5, 0.6) is 34.5 Å². The molecule has 1 saturated carbocycles. The molecule has 0 spiro atoms. The van der Waals surface area contributed by atoms with E-state index in [9.17, 15) is 30.0 Å². The molecule has 7 rings (SSSR count). The average molecular weight is 655 g/mol. The van der Waals surface area contributed by atoms with Gasteiger partial charge >= 0.3 is 0 Å². The molecule has 6 N–H and O–H groups in total. The van der Waals surface area contributed by atoms with Gasteiger partial charge in [0.2, 0.25) is 18.6 Å². The standard InChI is InChI=1S/C36H34N2O10/c39-25-5-1-21(15-27(25)41)10-13-37-31(43)8-3-23-9-12-35-33(34(44)38-14-11-22-2-6-26(40)28(42)16-22)32(36(35,18-23)48-20-47-35)24-4-7-29-30(17-24)46-19-45-29/h1-9,12,15-18,32-33,39-42H,10-11,13-14,19-20H2,(H,37,43)(H,38,44)/b8-3+/t32-,33+,35+,36+/m1/s1. The highest BCUT2D eigenvalue weighted by molar-refractivity contribution is 5.88. The number of fused-ring (bicyclic) bond motifs is 1. The van der Waals surface area contributed by atoms with Crippen molar-refractivity contribution in [3.8, 4) is 34.5 Å². The van der Waals surface area contributed by atoms with E-state index in [2.05, 4.69) is 10.6 Å². The molecule has 0 bridgehead atoms. The van der Waals surface area contributed by atoms with Crippen molar-refractivity contribution in [3.63, 3.8) is 0 Å². The summed E-state index contributed by atoms with van der Waals surface area (Å²) < 4.78 is 23.7. The van der Waals surface area contributed by atoms with Crippen LogP contribution in [0.15, 0.2) is 90.6 Å². The third-order valence-electron chi connectivity index (χ3n) is 9.34. The summed E-state index contributed by atoms with van der Waals surface area (Å²) >= 11 is 0. The van der Waals surface area contributed by atoms with Gasteiger partial charge in [0.25, 0.3) is 0 Å². The zero-order valence-corrected chi connectivity index (χ0v) is 25.7. The first-order valence-electron chi connectivity index (χ1n) is 15.5. The molecule has 12 heteroatoms. The number of benzene rings is 3. The molecule has 0 radical (unpaired) electrons. The molecule has 2 aliphatic heterocycles. The molecular formula is C36H34N2O10. The van der Waals surface area contributed by atoms with Crippen molar-refractivity contribution in [1.82, 2.24) is 10.6 Å². The molecular weight excluding hydrogens is 620 g/mol. The summed E-state index contributed by atoms with van der Waals surface area (Å²) in [6.45, 7) is 0.672. The van der Waals surface area contributed by atoms with E-state index in [1.54, 1.807) is 18.2 Å². The van der Waals surface area contributed by atoms with E-state index in [0.29, 0.717) is 36.5 Å². The molecule has 4 atom stereocenters. The van der Waals surface area contributed by atoms with Crippen molar-refractivity contribution < 1.29 is 49.0 Å². The van der Waals surface area contributed by atoms with Crippen LogP contribution in [-0.4, -0.2) is 70.1 Å². The molecule has 3 aromatic rings. The van der Waals surface area contributed by atoms with E-state index >= 15 is 0 Å². The fourth-order valence-corrected chi connectivity index (χ4v) is 7.00. The van der Waals surface area contributed by atoms with Crippen LogP contribution < -0.4 is 20.1 Å². The van der Waals surface area contributed by atoms with Gasteiger partial charge in [-0.3, -0.25) is 9.59 Å². The molecule has 3 aromatic carbocycles. The molecule has 2 heterocycles. The largest absolute Gasteiger partial charge is 0.504 e. The number of rotatable bonds is 10. The Morgan fingerprint density at radius 1 is 0.771 bits per heavy atom. The predicted molar refractivity (Wildman–Crippen MR) is 171 cm³/mol. The number of allylic oxidation sites excluding steroid dienone is 3. The van der Waals surface area contributed by atoms with Gasteiger partial charge in [-0.15, -0.1) is 0 Å². The molecule has 12 nitrogen and oxygen atoms in total. The number of carbonyl (C=O) groups excluding carboxylic acids is 2. The minimum Gasteiger partial charge on any atom is -0.504 e. The summed E-state index contributed by atoms with van der Waals surface area (Å²) in [7, 11) is 0. The van der Waals surface area contributed by atoms with Crippen molar-refractivity contribution >= 4 is 11.8 Å². The summed E-state index contributed by atoms with van der Waals surface area (Å²) in [5.74, 6) is -1.37. The van der Waals surface area contributed by atoms with Gasteiger partial charge in [0.05, 0.1) is 5.92 Å². The van der Waals surface area contributed by atoms with Gasteiger partial charge in [-0.25, -0.2) is 0 Å².